The molecule has 0 aromatic rings. The molecule has 11 heavy (non-hydrogen) atoms. The van der Waals surface area contributed by atoms with Crippen LogP contribution < -0.4 is 0 Å². The molecule has 0 unspecified atom stereocenters. The molecule has 0 N–H and O–H groups in total. The van der Waals surface area contributed by atoms with E-state index in [9.17, 15) is 4.79 Å². The van der Waals surface area contributed by atoms with Gasteiger partial charge in [0.2, 0.25) is 0 Å². The monoisotopic (exact) mass is 157 g/mol. The van der Waals surface area contributed by atoms with Crippen molar-refractivity contribution < 1.29 is 9.53 Å². The van der Waals surface area contributed by atoms with Crippen LogP contribution in [0.1, 0.15) is 34.1 Å². The van der Waals surface area contributed by atoms with Crippen molar-refractivity contribution in [1.82, 2.24) is 0 Å². The minimum Gasteiger partial charge on any atom is -0.465 e. The van der Waals surface area contributed by atoms with Crippen molar-refractivity contribution in [3.05, 3.63) is 6.42 Å². The standard InChI is InChI=1S/C9H17O2/c1-5-6-8(10)11-7-9(2,3)4/h5H,6-7H2,1-4H3. The summed E-state index contributed by atoms with van der Waals surface area (Å²) in [5, 5.41) is 0. The zero-order valence-corrected chi connectivity index (χ0v) is 7.81. The molecule has 0 saturated carbocycles. The Kier molecular flexibility index (Phi) is 4.16. The number of hydrogen-bond donors (Lipinski definition) is 0. The molecule has 1 radical (unpaired) electrons. The zero-order valence-electron chi connectivity index (χ0n) is 7.81. The molecule has 2 heteroatoms. The summed E-state index contributed by atoms with van der Waals surface area (Å²) in [6, 6.07) is 0. The fraction of sp³-hybridized carbons (Fsp3) is 0.778. The van der Waals surface area contributed by atoms with Gasteiger partial charge in [-0.2, -0.15) is 0 Å². The van der Waals surface area contributed by atoms with E-state index in [1.807, 2.05) is 27.7 Å². The summed E-state index contributed by atoms with van der Waals surface area (Å²) in [4.78, 5) is 10.8. The molecule has 0 spiro atoms. The van der Waals surface area contributed by atoms with E-state index < -0.39 is 0 Å². The number of ether oxygens (including phenoxy) is 1. The second kappa shape index (κ2) is 4.37. The van der Waals surface area contributed by atoms with Gasteiger partial charge in [-0.25, -0.2) is 0 Å². The van der Waals surface area contributed by atoms with Crippen molar-refractivity contribution in [2.45, 2.75) is 34.1 Å². The van der Waals surface area contributed by atoms with Gasteiger partial charge in [0.25, 0.3) is 0 Å². The normalized spacial score (nSPS) is 11.3. The van der Waals surface area contributed by atoms with E-state index in [1.165, 1.54) is 0 Å². The minimum atomic E-state index is -0.137. The van der Waals surface area contributed by atoms with Gasteiger partial charge in [-0.15, -0.1) is 0 Å². The van der Waals surface area contributed by atoms with Gasteiger partial charge in [-0.05, 0) is 11.8 Å². The van der Waals surface area contributed by atoms with Gasteiger partial charge < -0.3 is 4.74 Å². The highest BCUT2D eigenvalue weighted by atomic mass is 16.5. The molecule has 0 atom stereocenters. The Morgan fingerprint density at radius 2 is 2.00 bits per heavy atom. The Balaban J connectivity index is 3.46. The van der Waals surface area contributed by atoms with Crippen molar-refractivity contribution in [3.8, 4) is 0 Å². The van der Waals surface area contributed by atoms with Crippen LogP contribution in [0.2, 0.25) is 0 Å². The van der Waals surface area contributed by atoms with Crippen molar-refractivity contribution >= 4 is 5.97 Å². The Labute approximate surface area is 68.9 Å². The minimum absolute atomic E-state index is 0.0728. The lowest BCUT2D eigenvalue weighted by Crippen LogP contribution is -2.18. The predicted octanol–water partition coefficient (Wildman–Crippen LogP) is 2.19. The fourth-order valence-electron chi connectivity index (χ4n) is 0.523. The summed E-state index contributed by atoms with van der Waals surface area (Å²) >= 11 is 0. The average molecular weight is 157 g/mol. The highest BCUT2D eigenvalue weighted by Crippen LogP contribution is 2.13. The second-order valence-electron chi connectivity index (χ2n) is 3.83. The van der Waals surface area contributed by atoms with Crippen LogP contribution in [0.15, 0.2) is 0 Å². The summed E-state index contributed by atoms with van der Waals surface area (Å²) < 4.78 is 4.98. The summed E-state index contributed by atoms with van der Waals surface area (Å²) in [6.45, 7) is 8.46. The average Bonchev–Trinajstić information content (AvgIpc) is 1.83. The molecule has 0 bridgehead atoms. The highest BCUT2D eigenvalue weighted by molar-refractivity contribution is 5.70. The van der Waals surface area contributed by atoms with Crippen molar-refractivity contribution in [2.75, 3.05) is 6.61 Å². The van der Waals surface area contributed by atoms with Gasteiger partial charge in [0.15, 0.2) is 0 Å². The maximum atomic E-state index is 10.8. The fourth-order valence-corrected chi connectivity index (χ4v) is 0.523. The predicted molar refractivity (Wildman–Crippen MR) is 45.0 cm³/mol. The number of carbonyl (C=O) groups excluding carboxylic acids is 1. The zero-order chi connectivity index (χ0) is 8.91. The smallest absolute Gasteiger partial charge is 0.306 e. The first-order valence-corrected chi connectivity index (χ1v) is 3.89. The van der Waals surface area contributed by atoms with E-state index >= 15 is 0 Å². The lowest BCUT2D eigenvalue weighted by Gasteiger charge is -2.17. The number of esters is 1. The topological polar surface area (TPSA) is 26.3 Å². The Hall–Kier alpha value is -0.530. The molecule has 0 heterocycles. The summed E-state index contributed by atoms with van der Waals surface area (Å²) in [7, 11) is 0. The third-order valence-electron chi connectivity index (χ3n) is 1.04. The van der Waals surface area contributed by atoms with Crippen LogP contribution in [0.25, 0.3) is 0 Å². The highest BCUT2D eigenvalue weighted by Gasteiger charge is 2.12. The van der Waals surface area contributed by atoms with Crippen LogP contribution in [-0.2, 0) is 9.53 Å². The van der Waals surface area contributed by atoms with E-state index in [2.05, 4.69) is 0 Å². The third kappa shape index (κ3) is 7.37. The first-order valence-electron chi connectivity index (χ1n) is 3.89. The third-order valence-corrected chi connectivity index (χ3v) is 1.04. The van der Waals surface area contributed by atoms with E-state index in [1.54, 1.807) is 6.42 Å². The molecule has 0 aromatic carbocycles. The van der Waals surface area contributed by atoms with Crippen molar-refractivity contribution in [1.29, 1.82) is 0 Å². The molecule has 0 amide bonds. The van der Waals surface area contributed by atoms with E-state index in [-0.39, 0.29) is 11.4 Å². The van der Waals surface area contributed by atoms with Crippen molar-refractivity contribution in [3.63, 3.8) is 0 Å². The summed E-state index contributed by atoms with van der Waals surface area (Å²) in [5.74, 6) is -0.137. The van der Waals surface area contributed by atoms with Gasteiger partial charge in [0.1, 0.15) is 0 Å². The van der Waals surface area contributed by atoms with Crippen LogP contribution >= 0.6 is 0 Å². The molecule has 0 rings (SSSR count). The molecule has 0 aliphatic heterocycles. The van der Waals surface area contributed by atoms with Crippen LogP contribution in [-0.4, -0.2) is 12.6 Å². The summed E-state index contributed by atoms with van der Waals surface area (Å²) in [6.07, 6.45) is 2.21. The van der Waals surface area contributed by atoms with Gasteiger partial charge >= 0.3 is 5.97 Å². The molecular weight excluding hydrogens is 140 g/mol. The van der Waals surface area contributed by atoms with Crippen molar-refractivity contribution in [2.24, 2.45) is 5.41 Å². The quantitative estimate of drug-likeness (QED) is 0.587. The Morgan fingerprint density at radius 1 is 1.45 bits per heavy atom. The molecule has 0 aliphatic rings. The summed E-state index contributed by atoms with van der Waals surface area (Å²) in [5.41, 5.74) is 0.0728. The van der Waals surface area contributed by atoms with Crippen LogP contribution in [0.4, 0.5) is 0 Å². The van der Waals surface area contributed by atoms with Crippen LogP contribution in [0, 0.1) is 11.8 Å². The molecule has 2 nitrogen and oxygen atoms in total. The van der Waals surface area contributed by atoms with E-state index in [0.29, 0.717) is 13.0 Å². The molecule has 0 aromatic heterocycles. The van der Waals surface area contributed by atoms with Crippen LogP contribution in [0.5, 0.6) is 0 Å². The first kappa shape index (κ1) is 10.5. The maximum Gasteiger partial charge on any atom is 0.306 e. The number of hydrogen-bond acceptors (Lipinski definition) is 2. The molecule has 65 valence electrons. The number of rotatable bonds is 3. The molecule has 0 aliphatic carbocycles. The lowest BCUT2D eigenvalue weighted by molar-refractivity contribution is -0.145. The van der Waals surface area contributed by atoms with Gasteiger partial charge in [0.05, 0.1) is 6.61 Å². The van der Waals surface area contributed by atoms with Crippen LogP contribution in [0.3, 0.4) is 0 Å². The van der Waals surface area contributed by atoms with E-state index in [4.69, 9.17) is 4.74 Å². The largest absolute Gasteiger partial charge is 0.465 e. The second-order valence-corrected chi connectivity index (χ2v) is 3.83. The van der Waals surface area contributed by atoms with Gasteiger partial charge in [-0.3, -0.25) is 4.79 Å². The molecule has 0 saturated heterocycles. The molecular formula is C9H17O2. The SMILES string of the molecule is C[CH]CC(=O)OCC(C)(C)C. The maximum absolute atomic E-state index is 10.8. The lowest BCUT2D eigenvalue weighted by atomic mass is 9.99. The Morgan fingerprint density at radius 3 is 2.36 bits per heavy atom. The number of carbonyl (C=O) groups is 1. The van der Waals surface area contributed by atoms with E-state index in [0.717, 1.165) is 0 Å². The van der Waals surface area contributed by atoms with Gasteiger partial charge in [-0.1, -0.05) is 27.7 Å². The molecule has 0 fully saturated rings. The Bertz CT molecular complexity index is 122. The van der Waals surface area contributed by atoms with Gasteiger partial charge in [0, 0.05) is 6.42 Å². The first-order chi connectivity index (χ1) is 4.95.